The van der Waals surface area contributed by atoms with Crippen LogP contribution >= 0.6 is 0 Å². The van der Waals surface area contributed by atoms with Crippen molar-refractivity contribution in [1.82, 2.24) is 24.3 Å². The highest BCUT2D eigenvalue weighted by Gasteiger charge is 2.27. The summed E-state index contributed by atoms with van der Waals surface area (Å²) in [5.74, 6) is 0.701. The van der Waals surface area contributed by atoms with Crippen molar-refractivity contribution in [2.75, 3.05) is 18.5 Å². The molecule has 1 fully saturated rings. The van der Waals surface area contributed by atoms with E-state index in [1.807, 2.05) is 18.4 Å². The number of hydrogen-bond acceptors (Lipinski definition) is 8. The van der Waals surface area contributed by atoms with Crippen molar-refractivity contribution in [1.29, 1.82) is 10.5 Å². The molecule has 0 atom stereocenters. The van der Waals surface area contributed by atoms with E-state index in [4.69, 9.17) is 9.47 Å². The zero-order valence-electron chi connectivity index (χ0n) is 17.2. The molecule has 0 unspecified atom stereocenters. The zero-order chi connectivity index (χ0) is 21.5. The molecule has 0 bridgehead atoms. The summed E-state index contributed by atoms with van der Waals surface area (Å²) >= 11 is 0. The Balaban J connectivity index is 1.73. The second kappa shape index (κ2) is 7.32. The van der Waals surface area contributed by atoms with Gasteiger partial charge in [-0.05, 0) is 33.8 Å². The van der Waals surface area contributed by atoms with Crippen LogP contribution in [0.2, 0.25) is 0 Å². The summed E-state index contributed by atoms with van der Waals surface area (Å²) in [6.45, 7) is 8.43. The molecule has 154 valence electrons. The molecule has 4 rings (SSSR count). The topological polar surface area (TPSA) is 127 Å². The molecule has 10 heteroatoms. The van der Waals surface area contributed by atoms with E-state index in [0.717, 1.165) is 5.39 Å². The normalized spacial score (nSPS) is 14.4. The molecule has 0 aromatic carbocycles. The van der Waals surface area contributed by atoms with Crippen LogP contribution < -0.4 is 10.1 Å². The molecule has 0 spiro atoms. The molecule has 10 nitrogen and oxygen atoms in total. The third-order valence-electron chi connectivity index (χ3n) is 4.80. The van der Waals surface area contributed by atoms with Gasteiger partial charge in [-0.15, -0.1) is 5.10 Å². The first-order chi connectivity index (χ1) is 14.3. The van der Waals surface area contributed by atoms with E-state index in [9.17, 15) is 10.5 Å². The van der Waals surface area contributed by atoms with Gasteiger partial charge in [-0.2, -0.15) is 15.5 Å². The van der Waals surface area contributed by atoms with Crippen molar-refractivity contribution >= 4 is 22.7 Å². The first-order valence-corrected chi connectivity index (χ1v) is 9.63. The SMILES string of the molecule is CC(C)Oc1nn(C(C)(C)C#N)cc1Nc1ncc2cc(C#N)n(C3COC3)c2n1. The maximum Gasteiger partial charge on any atom is 0.257 e. The molecule has 1 aliphatic rings. The van der Waals surface area contributed by atoms with Crippen LogP contribution in [-0.4, -0.2) is 43.6 Å². The fraction of sp³-hybridized carbons (Fsp3) is 0.450. The van der Waals surface area contributed by atoms with E-state index < -0.39 is 5.54 Å². The number of nitrogens with one attached hydrogen (secondary N) is 1. The average molecular weight is 406 g/mol. The molecule has 0 aliphatic carbocycles. The summed E-state index contributed by atoms with van der Waals surface area (Å²) in [6, 6.07) is 6.30. The minimum absolute atomic E-state index is 0.0823. The Labute approximate surface area is 173 Å². The van der Waals surface area contributed by atoms with Crippen LogP contribution in [0.5, 0.6) is 5.88 Å². The summed E-state index contributed by atoms with van der Waals surface area (Å²) in [4.78, 5) is 9.00. The number of hydrogen-bond donors (Lipinski definition) is 1. The number of nitrogens with zero attached hydrogens (tertiary/aromatic N) is 7. The van der Waals surface area contributed by atoms with E-state index in [1.54, 1.807) is 37.0 Å². The maximum absolute atomic E-state index is 9.49. The number of ether oxygens (including phenoxy) is 2. The second-order valence-corrected chi connectivity index (χ2v) is 7.93. The van der Waals surface area contributed by atoms with Gasteiger partial charge < -0.3 is 19.4 Å². The maximum atomic E-state index is 9.49. The Kier molecular flexibility index (Phi) is 4.80. The highest BCUT2D eigenvalue weighted by molar-refractivity contribution is 5.79. The van der Waals surface area contributed by atoms with Gasteiger partial charge in [0, 0.05) is 11.6 Å². The van der Waals surface area contributed by atoms with Crippen LogP contribution in [0.4, 0.5) is 11.6 Å². The monoisotopic (exact) mass is 406 g/mol. The number of fused-ring (bicyclic) bond motifs is 1. The van der Waals surface area contributed by atoms with Gasteiger partial charge in [-0.1, -0.05) is 0 Å². The van der Waals surface area contributed by atoms with Crippen LogP contribution in [0.25, 0.3) is 11.0 Å². The van der Waals surface area contributed by atoms with E-state index in [1.165, 1.54) is 0 Å². The Bertz CT molecular complexity index is 1170. The highest BCUT2D eigenvalue weighted by Crippen LogP contribution is 2.31. The lowest BCUT2D eigenvalue weighted by atomic mass is 10.1. The van der Waals surface area contributed by atoms with Crippen LogP contribution in [-0.2, 0) is 10.3 Å². The molecule has 3 aromatic heterocycles. The van der Waals surface area contributed by atoms with Gasteiger partial charge in [0.25, 0.3) is 5.88 Å². The smallest absolute Gasteiger partial charge is 0.257 e. The van der Waals surface area contributed by atoms with E-state index in [-0.39, 0.29) is 12.1 Å². The van der Waals surface area contributed by atoms with Crippen LogP contribution in [0.15, 0.2) is 18.5 Å². The van der Waals surface area contributed by atoms with Crippen molar-refractivity contribution in [2.45, 2.75) is 45.4 Å². The van der Waals surface area contributed by atoms with Crippen molar-refractivity contribution in [3.8, 4) is 18.0 Å². The fourth-order valence-corrected chi connectivity index (χ4v) is 3.11. The van der Waals surface area contributed by atoms with Gasteiger partial charge in [0.15, 0.2) is 0 Å². The minimum atomic E-state index is -0.847. The summed E-state index contributed by atoms with van der Waals surface area (Å²) in [5, 5.41) is 27.3. The van der Waals surface area contributed by atoms with Gasteiger partial charge >= 0.3 is 0 Å². The average Bonchev–Trinajstić information content (AvgIpc) is 3.22. The Morgan fingerprint density at radius 2 is 2.10 bits per heavy atom. The highest BCUT2D eigenvalue weighted by atomic mass is 16.5. The molecule has 30 heavy (non-hydrogen) atoms. The number of anilines is 2. The molecule has 1 saturated heterocycles. The lowest BCUT2D eigenvalue weighted by Crippen LogP contribution is -2.31. The van der Waals surface area contributed by atoms with E-state index >= 15 is 0 Å². The van der Waals surface area contributed by atoms with Gasteiger partial charge in [-0.3, -0.25) is 0 Å². The molecule has 0 saturated carbocycles. The largest absolute Gasteiger partial charge is 0.472 e. The van der Waals surface area contributed by atoms with Crippen LogP contribution in [0.3, 0.4) is 0 Å². The summed E-state index contributed by atoms with van der Waals surface area (Å²) in [7, 11) is 0. The minimum Gasteiger partial charge on any atom is -0.472 e. The standard InChI is InChI=1S/C20H22N8O2/c1-12(2)30-18-16(8-27(26-18)20(3,4)11-22)24-19-23-7-13-5-14(6-21)28(17(13)25-19)15-9-29-10-15/h5,7-8,12,15H,9-10H2,1-4H3,(H,23,24,25). The lowest BCUT2D eigenvalue weighted by molar-refractivity contribution is -0.0219. The van der Waals surface area contributed by atoms with E-state index in [2.05, 4.69) is 32.5 Å². The zero-order valence-corrected chi connectivity index (χ0v) is 17.2. The molecule has 0 amide bonds. The van der Waals surface area contributed by atoms with Crippen molar-refractivity contribution in [3.05, 3.63) is 24.2 Å². The van der Waals surface area contributed by atoms with Gasteiger partial charge in [0.05, 0.1) is 37.6 Å². The molecular formula is C20H22N8O2. The van der Waals surface area contributed by atoms with Crippen LogP contribution in [0.1, 0.15) is 39.4 Å². The molecule has 0 radical (unpaired) electrons. The molecule has 4 heterocycles. The van der Waals surface area contributed by atoms with Crippen molar-refractivity contribution in [2.24, 2.45) is 0 Å². The van der Waals surface area contributed by atoms with Gasteiger partial charge in [0.1, 0.15) is 28.6 Å². The van der Waals surface area contributed by atoms with Gasteiger partial charge in [-0.25, -0.2) is 9.67 Å². The number of aromatic nitrogens is 5. The predicted molar refractivity (Wildman–Crippen MR) is 108 cm³/mol. The van der Waals surface area contributed by atoms with Crippen molar-refractivity contribution in [3.63, 3.8) is 0 Å². The number of nitriles is 2. The summed E-state index contributed by atoms with van der Waals surface area (Å²) in [5.41, 5.74) is 0.892. The molecule has 1 aliphatic heterocycles. The molecule has 3 aromatic rings. The lowest BCUT2D eigenvalue weighted by Gasteiger charge is -2.28. The van der Waals surface area contributed by atoms with Crippen molar-refractivity contribution < 1.29 is 9.47 Å². The molecular weight excluding hydrogens is 384 g/mol. The Hall–Kier alpha value is -3.63. The first kappa shape index (κ1) is 19.7. The van der Waals surface area contributed by atoms with E-state index in [0.29, 0.717) is 42.1 Å². The van der Waals surface area contributed by atoms with Crippen LogP contribution in [0, 0.1) is 22.7 Å². The first-order valence-electron chi connectivity index (χ1n) is 9.63. The fourth-order valence-electron chi connectivity index (χ4n) is 3.11. The van der Waals surface area contributed by atoms with Gasteiger partial charge in [0.2, 0.25) is 5.95 Å². The third-order valence-corrected chi connectivity index (χ3v) is 4.80. The third kappa shape index (κ3) is 3.42. The molecule has 1 N–H and O–H groups in total. The Morgan fingerprint density at radius 3 is 2.70 bits per heavy atom. The Morgan fingerprint density at radius 1 is 1.33 bits per heavy atom. The quantitative estimate of drug-likeness (QED) is 0.662. The summed E-state index contributed by atoms with van der Waals surface area (Å²) in [6.07, 6.45) is 3.28. The number of rotatable bonds is 6. The second-order valence-electron chi connectivity index (χ2n) is 7.93. The predicted octanol–water partition coefficient (Wildman–Crippen LogP) is 2.86. The summed E-state index contributed by atoms with van der Waals surface area (Å²) < 4.78 is 14.5.